The Hall–Kier alpha value is -2.48. The Morgan fingerprint density at radius 3 is 2.85 bits per heavy atom. The summed E-state index contributed by atoms with van der Waals surface area (Å²) in [5.41, 5.74) is 2.54. The van der Waals surface area contributed by atoms with Crippen LogP contribution in [0.5, 0.6) is 5.75 Å². The maximum absolute atomic E-state index is 9.06. The predicted molar refractivity (Wildman–Crippen MR) is 77.6 cm³/mol. The van der Waals surface area contributed by atoms with E-state index in [1.165, 1.54) is 0 Å². The Labute approximate surface area is 118 Å². The van der Waals surface area contributed by atoms with Gasteiger partial charge in [0.1, 0.15) is 11.8 Å². The molecule has 20 heavy (non-hydrogen) atoms. The zero-order valence-corrected chi connectivity index (χ0v) is 11.9. The Balaban J connectivity index is 2.05. The first-order chi connectivity index (χ1) is 9.63. The highest BCUT2D eigenvalue weighted by atomic mass is 16.5. The van der Waals surface area contributed by atoms with Gasteiger partial charge in [-0.05, 0) is 31.5 Å². The fourth-order valence-electron chi connectivity index (χ4n) is 1.87. The predicted octanol–water partition coefficient (Wildman–Crippen LogP) is 2.96. The van der Waals surface area contributed by atoms with Crippen LogP contribution in [0.2, 0.25) is 0 Å². The Bertz CT molecular complexity index is 625. The van der Waals surface area contributed by atoms with Gasteiger partial charge in [0.15, 0.2) is 0 Å². The van der Waals surface area contributed by atoms with E-state index in [0.717, 1.165) is 11.3 Å². The van der Waals surface area contributed by atoms with Crippen molar-refractivity contribution in [3.63, 3.8) is 0 Å². The zero-order chi connectivity index (χ0) is 14.5. The minimum Gasteiger partial charge on any atom is -0.495 e. The van der Waals surface area contributed by atoms with E-state index in [1.807, 2.05) is 29.1 Å². The van der Waals surface area contributed by atoms with E-state index in [1.54, 1.807) is 13.3 Å². The van der Waals surface area contributed by atoms with Crippen LogP contribution in [-0.2, 0) is 6.54 Å². The minimum absolute atomic E-state index is 0.344. The molecule has 0 bridgehead atoms. The van der Waals surface area contributed by atoms with Crippen molar-refractivity contribution in [1.29, 1.82) is 5.26 Å². The smallest absolute Gasteiger partial charge is 0.136 e. The van der Waals surface area contributed by atoms with Gasteiger partial charge < -0.3 is 10.1 Å². The third kappa shape index (κ3) is 3.09. The maximum atomic E-state index is 9.06. The number of methoxy groups -OCH3 is 1. The summed E-state index contributed by atoms with van der Waals surface area (Å²) in [6, 6.07) is 8.07. The first-order valence-corrected chi connectivity index (χ1v) is 6.49. The molecule has 1 heterocycles. The molecule has 1 aromatic heterocycles. The lowest BCUT2D eigenvalue weighted by Crippen LogP contribution is -2.01. The monoisotopic (exact) mass is 270 g/mol. The number of aromatic nitrogens is 2. The second-order valence-corrected chi connectivity index (χ2v) is 4.80. The van der Waals surface area contributed by atoms with Gasteiger partial charge in [-0.3, -0.25) is 4.68 Å². The highest BCUT2D eigenvalue weighted by molar-refractivity contribution is 5.47. The molecule has 0 aliphatic carbocycles. The summed E-state index contributed by atoms with van der Waals surface area (Å²) in [5.74, 6) is 0.601. The van der Waals surface area contributed by atoms with Crippen LogP contribution < -0.4 is 10.1 Å². The molecule has 0 spiro atoms. The summed E-state index contributed by atoms with van der Waals surface area (Å²) in [5, 5.41) is 16.6. The lowest BCUT2D eigenvalue weighted by Gasteiger charge is -2.07. The highest BCUT2D eigenvalue weighted by Gasteiger charge is 2.05. The number of nitriles is 1. The normalized spacial score (nSPS) is 10.3. The van der Waals surface area contributed by atoms with Crippen molar-refractivity contribution in [3.05, 3.63) is 41.7 Å². The molecule has 2 rings (SSSR count). The molecule has 0 saturated heterocycles. The number of rotatable bonds is 5. The average molecular weight is 270 g/mol. The molecule has 0 fully saturated rings. The molecule has 0 amide bonds. The second-order valence-electron chi connectivity index (χ2n) is 4.80. The number of hydrogen-bond donors (Lipinski definition) is 1. The molecule has 1 aromatic carbocycles. The van der Waals surface area contributed by atoms with E-state index in [4.69, 9.17) is 10.00 Å². The zero-order valence-electron chi connectivity index (χ0n) is 11.9. The molecule has 0 unspecified atom stereocenters. The lowest BCUT2D eigenvalue weighted by atomic mass is 10.1. The van der Waals surface area contributed by atoms with Gasteiger partial charge in [-0.2, -0.15) is 10.4 Å². The molecule has 0 aliphatic rings. The summed E-state index contributed by atoms with van der Waals surface area (Å²) in [6.45, 7) is 4.81. The van der Waals surface area contributed by atoms with Crippen LogP contribution in [0.15, 0.2) is 30.6 Å². The molecular weight excluding hydrogens is 252 g/mol. The van der Waals surface area contributed by atoms with Crippen molar-refractivity contribution in [2.45, 2.75) is 26.4 Å². The van der Waals surface area contributed by atoms with Crippen LogP contribution in [0.3, 0.4) is 0 Å². The van der Waals surface area contributed by atoms with Gasteiger partial charge >= 0.3 is 0 Å². The molecule has 0 atom stereocenters. The summed E-state index contributed by atoms with van der Waals surface area (Å²) < 4.78 is 7.03. The number of nitrogens with one attached hydrogen (secondary N) is 1. The summed E-state index contributed by atoms with van der Waals surface area (Å²) >= 11 is 0. The van der Waals surface area contributed by atoms with Gasteiger partial charge in [0.05, 0.1) is 24.6 Å². The van der Waals surface area contributed by atoms with Crippen LogP contribution in [-0.4, -0.2) is 16.9 Å². The molecular formula is C15H18N4O. The SMILES string of the molecule is COc1ccc(CNc2cnn(C(C)C)c2)cc1C#N. The Morgan fingerprint density at radius 2 is 2.25 bits per heavy atom. The minimum atomic E-state index is 0.344. The lowest BCUT2D eigenvalue weighted by molar-refractivity contribution is 0.413. The summed E-state index contributed by atoms with van der Waals surface area (Å²) in [4.78, 5) is 0. The first kappa shape index (κ1) is 13.9. The van der Waals surface area contributed by atoms with E-state index in [2.05, 4.69) is 30.3 Å². The summed E-state index contributed by atoms with van der Waals surface area (Å²) in [7, 11) is 1.56. The van der Waals surface area contributed by atoms with Crippen molar-refractivity contribution >= 4 is 5.69 Å². The van der Waals surface area contributed by atoms with Crippen molar-refractivity contribution in [1.82, 2.24) is 9.78 Å². The maximum Gasteiger partial charge on any atom is 0.136 e. The first-order valence-electron chi connectivity index (χ1n) is 6.49. The Kier molecular flexibility index (Phi) is 4.26. The summed E-state index contributed by atoms with van der Waals surface area (Å²) in [6.07, 6.45) is 3.77. The molecule has 5 heteroatoms. The van der Waals surface area contributed by atoms with Crippen molar-refractivity contribution < 1.29 is 4.74 Å². The van der Waals surface area contributed by atoms with Gasteiger partial charge in [-0.15, -0.1) is 0 Å². The second kappa shape index (κ2) is 6.11. The quantitative estimate of drug-likeness (QED) is 0.907. The molecule has 2 aromatic rings. The molecule has 1 N–H and O–H groups in total. The van der Waals surface area contributed by atoms with Crippen LogP contribution >= 0.6 is 0 Å². The molecule has 0 aliphatic heterocycles. The van der Waals surface area contributed by atoms with E-state index < -0.39 is 0 Å². The van der Waals surface area contributed by atoms with E-state index in [0.29, 0.717) is 23.9 Å². The van der Waals surface area contributed by atoms with Gasteiger partial charge in [0.25, 0.3) is 0 Å². The van der Waals surface area contributed by atoms with E-state index in [-0.39, 0.29) is 0 Å². The van der Waals surface area contributed by atoms with Gasteiger partial charge in [-0.1, -0.05) is 6.07 Å². The van der Waals surface area contributed by atoms with Crippen molar-refractivity contribution in [2.75, 3.05) is 12.4 Å². The third-order valence-corrected chi connectivity index (χ3v) is 3.01. The van der Waals surface area contributed by atoms with Crippen LogP contribution in [0, 0.1) is 11.3 Å². The number of nitrogens with zero attached hydrogens (tertiary/aromatic N) is 3. The van der Waals surface area contributed by atoms with E-state index in [9.17, 15) is 0 Å². The third-order valence-electron chi connectivity index (χ3n) is 3.01. The fraction of sp³-hybridized carbons (Fsp3) is 0.333. The largest absolute Gasteiger partial charge is 0.495 e. The van der Waals surface area contributed by atoms with Gasteiger partial charge in [-0.25, -0.2) is 0 Å². The Morgan fingerprint density at radius 1 is 1.45 bits per heavy atom. The van der Waals surface area contributed by atoms with Gasteiger partial charge in [0, 0.05) is 18.8 Å². The molecule has 0 radical (unpaired) electrons. The van der Waals surface area contributed by atoms with Crippen molar-refractivity contribution in [3.8, 4) is 11.8 Å². The van der Waals surface area contributed by atoms with Crippen LogP contribution in [0.25, 0.3) is 0 Å². The number of benzene rings is 1. The highest BCUT2D eigenvalue weighted by Crippen LogP contribution is 2.19. The fourth-order valence-corrected chi connectivity index (χ4v) is 1.87. The topological polar surface area (TPSA) is 62.9 Å². The number of hydrogen-bond acceptors (Lipinski definition) is 4. The number of ether oxygens (including phenoxy) is 1. The van der Waals surface area contributed by atoms with Crippen molar-refractivity contribution in [2.24, 2.45) is 0 Å². The van der Waals surface area contributed by atoms with E-state index >= 15 is 0 Å². The number of anilines is 1. The van der Waals surface area contributed by atoms with Crippen LogP contribution in [0.4, 0.5) is 5.69 Å². The molecule has 5 nitrogen and oxygen atoms in total. The molecule has 0 saturated carbocycles. The van der Waals surface area contributed by atoms with Gasteiger partial charge in [0.2, 0.25) is 0 Å². The average Bonchev–Trinajstić information content (AvgIpc) is 2.94. The molecule has 104 valence electrons. The standard InChI is InChI=1S/C15H18N4O/c1-11(2)19-10-14(9-18-19)17-8-12-4-5-15(20-3)13(6-12)7-16/h4-6,9-11,17H,8H2,1-3H3. The van der Waals surface area contributed by atoms with Crippen LogP contribution in [0.1, 0.15) is 31.0 Å².